The molecular formula is C6H14I2N2Pt. The molecule has 0 aliphatic rings. The molecule has 0 radical (unpaired) electrons. The molecule has 0 aromatic rings. The zero-order valence-electron chi connectivity index (χ0n) is 6.59. The summed E-state index contributed by atoms with van der Waals surface area (Å²) in [5, 5.41) is 0. The Hall–Kier alpha value is 2.07. The minimum Gasteiger partial charge on any atom is -0.330 e. The van der Waals surface area contributed by atoms with Crippen LogP contribution in [0, 0.1) is 11.8 Å². The Morgan fingerprint density at radius 2 is 1.73 bits per heavy atom. The molecule has 0 aromatic carbocycles. The van der Waals surface area contributed by atoms with E-state index in [0.29, 0.717) is 18.4 Å². The predicted octanol–water partition coefficient (Wildman–Crippen LogP) is 1.70. The molecule has 0 bridgehead atoms. The van der Waals surface area contributed by atoms with Crippen LogP contribution in [0.3, 0.4) is 0 Å². The molecule has 5 heteroatoms. The van der Waals surface area contributed by atoms with E-state index in [1.165, 1.54) is 0 Å². The molecule has 0 spiro atoms. The van der Waals surface area contributed by atoms with Gasteiger partial charge in [-0.3, -0.25) is 0 Å². The molecule has 0 fully saturated rings. The van der Waals surface area contributed by atoms with Crippen molar-refractivity contribution in [1.82, 2.24) is 0 Å². The van der Waals surface area contributed by atoms with E-state index in [2.05, 4.69) is 59.0 Å². The average molecular weight is 563 g/mol. The minimum absolute atomic E-state index is 0. The van der Waals surface area contributed by atoms with Crippen molar-refractivity contribution in [2.75, 3.05) is 6.54 Å². The van der Waals surface area contributed by atoms with Crippen LogP contribution in [0.15, 0.2) is 0 Å². The van der Waals surface area contributed by atoms with Crippen molar-refractivity contribution in [2.24, 2.45) is 23.3 Å². The summed E-state index contributed by atoms with van der Waals surface area (Å²) in [5.74, 6) is 0.956. The second-order valence-corrected chi connectivity index (χ2v) is 8.31. The number of alkyl halides is 2. The number of nitrogens with two attached hydrogens (primary N) is 2. The Labute approximate surface area is 110 Å². The number of hydrogen-bond acceptors (Lipinski definition) is 2. The van der Waals surface area contributed by atoms with Crippen LogP contribution < -0.4 is 11.5 Å². The Balaban J connectivity index is 0. The summed E-state index contributed by atoms with van der Waals surface area (Å²) >= 11 is 4.50. The van der Waals surface area contributed by atoms with Crippen LogP contribution in [0.2, 0.25) is 0 Å². The summed E-state index contributed by atoms with van der Waals surface area (Å²) in [4.78, 5) is 0. The van der Waals surface area contributed by atoms with E-state index in [4.69, 9.17) is 11.5 Å². The first-order valence-electron chi connectivity index (χ1n) is 3.26. The van der Waals surface area contributed by atoms with E-state index in [0.717, 1.165) is 0 Å². The summed E-state index contributed by atoms with van der Waals surface area (Å²) in [6.07, 6.45) is 0. The Bertz CT molecular complexity index is 105. The fourth-order valence-electron chi connectivity index (χ4n) is 0.583. The SMILES string of the molecule is CC(CN)C(C)C(N)(I)I.[Pt]. The zero-order valence-corrected chi connectivity index (χ0v) is 13.2. The van der Waals surface area contributed by atoms with Crippen molar-refractivity contribution < 1.29 is 21.1 Å². The van der Waals surface area contributed by atoms with E-state index in [-0.39, 0.29) is 22.6 Å². The van der Waals surface area contributed by atoms with Gasteiger partial charge in [-0.1, -0.05) is 13.8 Å². The number of halogens is 2. The number of rotatable bonds is 3. The van der Waals surface area contributed by atoms with Crippen molar-refractivity contribution in [3.8, 4) is 0 Å². The van der Waals surface area contributed by atoms with Gasteiger partial charge in [-0.25, -0.2) is 0 Å². The molecule has 0 heterocycles. The van der Waals surface area contributed by atoms with Crippen molar-refractivity contribution >= 4 is 45.2 Å². The van der Waals surface area contributed by atoms with Gasteiger partial charge >= 0.3 is 0 Å². The molecule has 0 saturated carbocycles. The van der Waals surface area contributed by atoms with Gasteiger partial charge in [0.1, 0.15) is 1.55 Å². The van der Waals surface area contributed by atoms with Gasteiger partial charge in [0, 0.05) is 21.1 Å². The first-order valence-corrected chi connectivity index (χ1v) is 5.42. The summed E-state index contributed by atoms with van der Waals surface area (Å²) < 4.78 is -0.158. The molecule has 0 aliphatic carbocycles. The molecule has 4 N–H and O–H groups in total. The summed E-state index contributed by atoms with van der Waals surface area (Å²) in [6.45, 7) is 4.98. The van der Waals surface area contributed by atoms with Gasteiger partial charge in [-0.2, -0.15) is 0 Å². The zero-order chi connectivity index (χ0) is 8.36. The largest absolute Gasteiger partial charge is 0.330 e. The maximum Gasteiger partial charge on any atom is 0.123 e. The van der Waals surface area contributed by atoms with Gasteiger partial charge < -0.3 is 11.5 Å². The van der Waals surface area contributed by atoms with Gasteiger partial charge in [0.15, 0.2) is 0 Å². The van der Waals surface area contributed by atoms with Crippen molar-refractivity contribution in [1.29, 1.82) is 0 Å². The minimum atomic E-state index is -0.158. The van der Waals surface area contributed by atoms with Crippen LogP contribution in [-0.2, 0) is 21.1 Å². The molecule has 0 saturated heterocycles. The molecule has 0 aliphatic heterocycles. The maximum absolute atomic E-state index is 5.87. The van der Waals surface area contributed by atoms with Gasteiger partial charge in [0.25, 0.3) is 0 Å². The van der Waals surface area contributed by atoms with E-state index in [1.54, 1.807) is 0 Å². The third-order valence-electron chi connectivity index (χ3n) is 1.83. The first kappa shape index (κ1) is 15.5. The Kier molecular flexibility index (Phi) is 9.20. The molecule has 0 rings (SSSR count). The number of hydrogen-bond donors (Lipinski definition) is 2. The summed E-state index contributed by atoms with van der Waals surface area (Å²) in [6, 6.07) is 0. The second kappa shape index (κ2) is 6.51. The van der Waals surface area contributed by atoms with E-state index < -0.39 is 0 Å². The van der Waals surface area contributed by atoms with E-state index >= 15 is 0 Å². The molecule has 72 valence electrons. The topological polar surface area (TPSA) is 52.0 Å². The third kappa shape index (κ3) is 6.18. The monoisotopic (exact) mass is 563 g/mol. The molecule has 2 unspecified atom stereocenters. The molecule has 11 heavy (non-hydrogen) atoms. The normalized spacial score (nSPS) is 16.9. The quantitative estimate of drug-likeness (QED) is 0.313. The van der Waals surface area contributed by atoms with Gasteiger partial charge in [0.2, 0.25) is 0 Å². The van der Waals surface area contributed by atoms with E-state index in [1.807, 2.05) is 0 Å². The van der Waals surface area contributed by atoms with Crippen LogP contribution in [0.4, 0.5) is 0 Å². The molecule has 0 aromatic heterocycles. The Morgan fingerprint density at radius 3 is 1.82 bits per heavy atom. The fraction of sp³-hybridized carbons (Fsp3) is 1.00. The maximum atomic E-state index is 5.87. The predicted molar refractivity (Wildman–Crippen MR) is 62.3 cm³/mol. The van der Waals surface area contributed by atoms with Crippen LogP contribution in [0.25, 0.3) is 0 Å². The molecular weight excluding hydrogens is 549 g/mol. The van der Waals surface area contributed by atoms with Crippen molar-refractivity contribution in [3.05, 3.63) is 0 Å². The summed E-state index contributed by atoms with van der Waals surface area (Å²) in [5.41, 5.74) is 11.4. The van der Waals surface area contributed by atoms with Crippen LogP contribution in [0.5, 0.6) is 0 Å². The standard InChI is InChI=1S/C6H14I2N2.Pt/c1-4(3-9)5(2)6(7,8)10;/h4-5H,3,9-10H2,1-2H3;. The van der Waals surface area contributed by atoms with Crippen LogP contribution >= 0.6 is 45.2 Å². The van der Waals surface area contributed by atoms with Crippen LogP contribution in [0.1, 0.15) is 13.8 Å². The third-order valence-corrected chi connectivity index (χ3v) is 3.80. The van der Waals surface area contributed by atoms with Gasteiger partial charge in [0.05, 0.1) is 0 Å². The van der Waals surface area contributed by atoms with Gasteiger partial charge in [-0.05, 0) is 63.6 Å². The molecule has 2 atom stereocenters. The van der Waals surface area contributed by atoms with Gasteiger partial charge in [-0.15, -0.1) is 0 Å². The smallest absolute Gasteiger partial charge is 0.123 e. The average Bonchev–Trinajstić information content (AvgIpc) is 1.83. The van der Waals surface area contributed by atoms with Crippen molar-refractivity contribution in [2.45, 2.75) is 15.4 Å². The Morgan fingerprint density at radius 1 is 1.36 bits per heavy atom. The molecule has 0 amide bonds. The fourth-order valence-corrected chi connectivity index (χ4v) is 1.81. The molecule has 2 nitrogen and oxygen atoms in total. The second-order valence-electron chi connectivity index (χ2n) is 2.68. The first-order chi connectivity index (χ1) is 4.39. The van der Waals surface area contributed by atoms with E-state index in [9.17, 15) is 0 Å². The van der Waals surface area contributed by atoms with Crippen molar-refractivity contribution in [3.63, 3.8) is 0 Å². The summed E-state index contributed by atoms with van der Waals surface area (Å²) in [7, 11) is 0. The van der Waals surface area contributed by atoms with Crippen LogP contribution in [-0.4, -0.2) is 8.10 Å².